The van der Waals surface area contributed by atoms with Gasteiger partial charge in [-0.25, -0.2) is 0 Å². The fraction of sp³-hybridized carbons (Fsp3) is 0.733. The van der Waals surface area contributed by atoms with Crippen LogP contribution < -0.4 is 0 Å². The van der Waals surface area contributed by atoms with Gasteiger partial charge in [0.15, 0.2) is 0 Å². The topological polar surface area (TPSA) is 49.7 Å². The second kappa shape index (κ2) is 3.69. The van der Waals surface area contributed by atoms with Crippen LogP contribution in [0, 0.1) is 11.8 Å². The summed E-state index contributed by atoms with van der Waals surface area (Å²) in [5.74, 6) is -0.384. The van der Waals surface area contributed by atoms with Gasteiger partial charge in [0.2, 0.25) is 5.79 Å². The molecule has 3 rings (SSSR count). The molecule has 1 saturated heterocycles. The van der Waals surface area contributed by atoms with Gasteiger partial charge in [0.25, 0.3) is 0 Å². The zero-order valence-electron chi connectivity index (χ0n) is 11.4. The molecule has 4 atom stereocenters. The van der Waals surface area contributed by atoms with Crippen LogP contribution in [0.4, 0.5) is 0 Å². The minimum atomic E-state index is -1.27. The molecule has 0 radical (unpaired) electrons. The fourth-order valence-electron chi connectivity index (χ4n) is 4.20. The Morgan fingerprint density at radius 3 is 2.89 bits per heavy atom. The number of ether oxygens (including phenoxy) is 1. The molecule has 1 spiro atoms. The maximum Gasteiger partial charge on any atom is 0.209 e. The van der Waals surface area contributed by atoms with Crippen LogP contribution in [0.5, 0.6) is 0 Å². The van der Waals surface area contributed by atoms with Crippen LogP contribution in [0.25, 0.3) is 0 Å². The molecule has 1 saturated carbocycles. The molecule has 0 unspecified atom stereocenters. The normalized spacial score (nSPS) is 49.1. The smallest absolute Gasteiger partial charge is 0.209 e. The van der Waals surface area contributed by atoms with Gasteiger partial charge in [-0.1, -0.05) is 12.5 Å². The van der Waals surface area contributed by atoms with E-state index in [-0.39, 0.29) is 12.2 Å². The summed E-state index contributed by atoms with van der Waals surface area (Å²) in [4.78, 5) is 0. The molecule has 2 N–H and O–H groups in total. The highest BCUT2D eigenvalue weighted by Gasteiger charge is 2.62. The predicted molar refractivity (Wildman–Crippen MR) is 68.8 cm³/mol. The SMILES string of the molecule is CC1=C[C@@]2(O)O[C@@]3(C/C2=C(/C)CO)[C@@H](C)CC[C@@H]13. The highest BCUT2D eigenvalue weighted by molar-refractivity contribution is 5.40. The van der Waals surface area contributed by atoms with Crippen LogP contribution in [0.1, 0.15) is 40.0 Å². The van der Waals surface area contributed by atoms with Crippen LogP contribution in [0.3, 0.4) is 0 Å². The van der Waals surface area contributed by atoms with Crippen LogP contribution in [-0.2, 0) is 4.74 Å². The highest BCUT2D eigenvalue weighted by Crippen LogP contribution is 2.61. The highest BCUT2D eigenvalue weighted by atomic mass is 16.6. The zero-order valence-corrected chi connectivity index (χ0v) is 11.4. The molecule has 2 aliphatic heterocycles. The van der Waals surface area contributed by atoms with Crippen LogP contribution >= 0.6 is 0 Å². The van der Waals surface area contributed by atoms with E-state index >= 15 is 0 Å². The number of aliphatic hydroxyl groups excluding tert-OH is 1. The largest absolute Gasteiger partial charge is 0.392 e. The third-order valence-electron chi connectivity index (χ3n) is 5.27. The molecular formula is C15H22O3. The minimum Gasteiger partial charge on any atom is -0.392 e. The van der Waals surface area contributed by atoms with E-state index in [1.165, 1.54) is 5.57 Å². The standard InChI is InChI=1S/C15H22O3/c1-9-6-15(17)13(10(2)8-16)7-14(18-15)11(3)4-5-12(9)14/h6,11-12,16-17H,4-5,7-8H2,1-3H3/b13-10+/t11-,12-,14-,15+/m0/s1. The maximum absolute atomic E-state index is 10.7. The Labute approximate surface area is 108 Å². The molecule has 0 aromatic rings. The van der Waals surface area contributed by atoms with Gasteiger partial charge in [-0.2, -0.15) is 0 Å². The summed E-state index contributed by atoms with van der Waals surface area (Å²) < 4.78 is 6.12. The average Bonchev–Trinajstić information content (AvgIpc) is 2.76. The van der Waals surface area contributed by atoms with Crippen molar-refractivity contribution < 1.29 is 14.9 Å². The number of hydrogen-bond donors (Lipinski definition) is 2. The Kier molecular flexibility index (Phi) is 2.54. The Bertz CT molecular complexity index is 451. The minimum absolute atomic E-state index is 0.0109. The van der Waals surface area contributed by atoms with E-state index in [1.54, 1.807) is 0 Å². The first-order valence-electron chi connectivity index (χ1n) is 6.85. The van der Waals surface area contributed by atoms with E-state index in [0.29, 0.717) is 11.8 Å². The van der Waals surface area contributed by atoms with Gasteiger partial charge in [0, 0.05) is 12.3 Å². The van der Waals surface area contributed by atoms with Gasteiger partial charge >= 0.3 is 0 Å². The Hall–Kier alpha value is -0.640. The van der Waals surface area contributed by atoms with E-state index in [0.717, 1.165) is 30.4 Å². The van der Waals surface area contributed by atoms with Gasteiger partial charge in [-0.15, -0.1) is 0 Å². The lowest BCUT2D eigenvalue weighted by atomic mass is 9.79. The fourth-order valence-corrected chi connectivity index (χ4v) is 4.20. The summed E-state index contributed by atoms with van der Waals surface area (Å²) in [5.41, 5.74) is 2.73. The van der Waals surface area contributed by atoms with E-state index < -0.39 is 5.79 Å². The number of hydrogen-bond acceptors (Lipinski definition) is 3. The van der Waals surface area contributed by atoms with Crippen molar-refractivity contribution in [3.05, 3.63) is 22.8 Å². The van der Waals surface area contributed by atoms with E-state index in [9.17, 15) is 10.2 Å². The Balaban J connectivity index is 2.15. The second-order valence-electron chi connectivity index (χ2n) is 6.27. The summed E-state index contributed by atoms with van der Waals surface area (Å²) in [6, 6.07) is 0. The lowest BCUT2D eigenvalue weighted by Crippen LogP contribution is -2.45. The third-order valence-corrected chi connectivity index (χ3v) is 5.27. The number of fused-ring (bicyclic) bond motifs is 1. The summed E-state index contributed by atoms with van der Waals surface area (Å²) in [6.45, 7) is 6.19. The van der Waals surface area contributed by atoms with Gasteiger partial charge in [0.05, 0.1) is 12.2 Å². The molecule has 3 nitrogen and oxygen atoms in total. The van der Waals surface area contributed by atoms with Gasteiger partial charge in [0.1, 0.15) is 0 Å². The van der Waals surface area contributed by atoms with Crippen molar-refractivity contribution in [2.24, 2.45) is 11.8 Å². The molecule has 0 aromatic heterocycles. The third kappa shape index (κ3) is 1.35. The van der Waals surface area contributed by atoms with Crippen molar-refractivity contribution >= 4 is 0 Å². The van der Waals surface area contributed by atoms with E-state index in [4.69, 9.17) is 4.74 Å². The van der Waals surface area contributed by atoms with E-state index in [2.05, 4.69) is 13.8 Å². The van der Waals surface area contributed by atoms with Crippen molar-refractivity contribution in [3.63, 3.8) is 0 Å². The lowest BCUT2D eigenvalue weighted by molar-refractivity contribution is -0.209. The average molecular weight is 250 g/mol. The van der Waals surface area contributed by atoms with Crippen LogP contribution in [-0.4, -0.2) is 28.2 Å². The lowest BCUT2D eigenvalue weighted by Gasteiger charge is -2.40. The molecule has 2 bridgehead atoms. The Morgan fingerprint density at radius 2 is 2.22 bits per heavy atom. The zero-order chi connectivity index (χ0) is 13.1. The molecule has 100 valence electrons. The summed E-state index contributed by atoms with van der Waals surface area (Å²) in [7, 11) is 0. The second-order valence-corrected chi connectivity index (χ2v) is 6.27. The first kappa shape index (κ1) is 12.4. The molecular weight excluding hydrogens is 228 g/mol. The maximum atomic E-state index is 10.7. The van der Waals surface area contributed by atoms with Crippen LogP contribution in [0.15, 0.2) is 22.8 Å². The molecule has 2 fully saturated rings. The molecule has 3 aliphatic rings. The molecule has 3 heteroatoms. The van der Waals surface area contributed by atoms with Gasteiger partial charge in [-0.05, 0) is 49.8 Å². The molecule has 18 heavy (non-hydrogen) atoms. The van der Waals surface area contributed by atoms with Crippen LogP contribution in [0.2, 0.25) is 0 Å². The molecule has 0 aromatic carbocycles. The van der Waals surface area contributed by atoms with Crippen molar-refractivity contribution in [2.45, 2.75) is 51.4 Å². The van der Waals surface area contributed by atoms with Crippen molar-refractivity contribution in [3.8, 4) is 0 Å². The van der Waals surface area contributed by atoms with E-state index in [1.807, 2.05) is 13.0 Å². The van der Waals surface area contributed by atoms with Crippen molar-refractivity contribution in [2.75, 3.05) is 6.61 Å². The molecule has 0 amide bonds. The predicted octanol–water partition coefficient (Wildman–Crippen LogP) is 2.15. The van der Waals surface area contributed by atoms with Crippen molar-refractivity contribution in [1.82, 2.24) is 0 Å². The van der Waals surface area contributed by atoms with Crippen molar-refractivity contribution in [1.29, 1.82) is 0 Å². The molecule has 1 aliphatic carbocycles. The molecule has 2 heterocycles. The van der Waals surface area contributed by atoms with Gasteiger partial charge in [-0.3, -0.25) is 0 Å². The summed E-state index contributed by atoms with van der Waals surface area (Å²) in [5, 5.41) is 20.1. The quantitative estimate of drug-likeness (QED) is 0.701. The number of rotatable bonds is 1. The first-order chi connectivity index (χ1) is 8.43. The van der Waals surface area contributed by atoms with Gasteiger partial charge < -0.3 is 14.9 Å². The monoisotopic (exact) mass is 250 g/mol. The summed E-state index contributed by atoms with van der Waals surface area (Å²) >= 11 is 0. The summed E-state index contributed by atoms with van der Waals surface area (Å²) in [6.07, 6.45) is 4.91. The number of aliphatic hydroxyl groups is 2. The Morgan fingerprint density at radius 1 is 1.50 bits per heavy atom. The first-order valence-corrected chi connectivity index (χ1v) is 6.85.